The number of aryl methyl sites for hydroxylation is 1. The molecule has 0 saturated carbocycles. The van der Waals surface area contributed by atoms with Gasteiger partial charge in [0.2, 0.25) is 0 Å². The van der Waals surface area contributed by atoms with E-state index in [0.717, 1.165) is 5.39 Å². The van der Waals surface area contributed by atoms with Gasteiger partial charge in [-0.05, 0) is 24.6 Å². The van der Waals surface area contributed by atoms with E-state index >= 15 is 0 Å². The molecule has 0 atom stereocenters. The summed E-state index contributed by atoms with van der Waals surface area (Å²) in [5, 5.41) is 5.34. The van der Waals surface area contributed by atoms with Crippen molar-refractivity contribution < 1.29 is 4.39 Å². The quantitative estimate of drug-likeness (QED) is 0.615. The predicted molar refractivity (Wildman–Crippen MR) is 96.3 cm³/mol. The Morgan fingerprint density at radius 1 is 1.15 bits per heavy atom. The number of aromatic nitrogens is 5. The van der Waals surface area contributed by atoms with Gasteiger partial charge in [-0.1, -0.05) is 25.1 Å². The van der Waals surface area contributed by atoms with Gasteiger partial charge >= 0.3 is 0 Å². The highest BCUT2D eigenvalue weighted by atomic mass is 19.1. The molecule has 26 heavy (non-hydrogen) atoms. The number of hydrogen-bond acceptors (Lipinski definition) is 4. The molecule has 1 aromatic carbocycles. The first-order chi connectivity index (χ1) is 12.7. The Kier molecular flexibility index (Phi) is 4.04. The second-order valence-electron chi connectivity index (χ2n) is 5.90. The highest BCUT2D eigenvalue weighted by molar-refractivity contribution is 5.89. The maximum absolute atomic E-state index is 14.0. The van der Waals surface area contributed by atoms with Gasteiger partial charge < -0.3 is 4.98 Å². The van der Waals surface area contributed by atoms with E-state index in [1.165, 1.54) is 6.07 Å². The highest BCUT2D eigenvalue weighted by Gasteiger charge is 2.16. The minimum Gasteiger partial charge on any atom is -0.318 e. The average Bonchev–Trinajstić information content (AvgIpc) is 3.02. The lowest BCUT2D eigenvalue weighted by Gasteiger charge is -2.04. The molecule has 0 aliphatic rings. The first-order valence-electron chi connectivity index (χ1n) is 8.31. The van der Waals surface area contributed by atoms with E-state index in [2.05, 4.69) is 20.1 Å². The molecule has 0 aliphatic heterocycles. The molecule has 0 fully saturated rings. The Balaban J connectivity index is 1.86. The molecule has 1 N–H and O–H groups in total. The van der Waals surface area contributed by atoms with E-state index in [1.54, 1.807) is 41.3 Å². The lowest BCUT2D eigenvalue weighted by atomic mass is 10.2. The van der Waals surface area contributed by atoms with Crippen LogP contribution in [0, 0.1) is 5.82 Å². The summed E-state index contributed by atoms with van der Waals surface area (Å²) in [6, 6.07) is 10.2. The van der Waals surface area contributed by atoms with Crippen molar-refractivity contribution in [3.8, 4) is 11.4 Å². The Hall–Kier alpha value is -3.35. The third-order valence-electron chi connectivity index (χ3n) is 4.23. The first kappa shape index (κ1) is 16.1. The molecule has 0 unspecified atom stereocenters. The maximum atomic E-state index is 14.0. The summed E-state index contributed by atoms with van der Waals surface area (Å²) in [6.07, 6.45) is 3.81. The van der Waals surface area contributed by atoms with E-state index in [4.69, 9.17) is 0 Å². The van der Waals surface area contributed by atoms with Crippen molar-refractivity contribution in [2.75, 3.05) is 0 Å². The van der Waals surface area contributed by atoms with E-state index in [1.807, 2.05) is 13.0 Å². The van der Waals surface area contributed by atoms with Gasteiger partial charge in [0, 0.05) is 17.1 Å². The van der Waals surface area contributed by atoms with Crippen LogP contribution in [0.3, 0.4) is 0 Å². The largest absolute Gasteiger partial charge is 0.318 e. The first-order valence-corrected chi connectivity index (χ1v) is 8.31. The molecular weight excluding hydrogens is 333 g/mol. The molecule has 4 aromatic rings. The minimum absolute atomic E-state index is 0.231. The van der Waals surface area contributed by atoms with Crippen LogP contribution in [-0.2, 0) is 13.0 Å². The van der Waals surface area contributed by atoms with Crippen LogP contribution in [0.1, 0.15) is 18.2 Å². The Labute approximate surface area is 148 Å². The van der Waals surface area contributed by atoms with Crippen LogP contribution in [-0.4, -0.2) is 24.7 Å². The lowest BCUT2D eigenvalue weighted by molar-refractivity contribution is 0.589. The lowest BCUT2D eigenvalue weighted by Crippen LogP contribution is -2.14. The number of hydrogen-bond donors (Lipinski definition) is 1. The van der Waals surface area contributed by atoms with Crippen LogP contribution in [0.15, 0.2) is 53.6 Å². The molecular formula is C19H16FN5O. The number of benzene rings is 1. The molecule has 0 radical (unpaired) electrons. The molecule has 0 amide bonds. The van der Waals surface area contributed by atoms with Gasteiger partial charge in [0.15, 0.2) is 5.65 Å². The van der Waals surface area contributed by atoms with Gasteiger partial charge in [0.1, 0.15) is 17.2 Å². The molecule has 7 heteroatoms. The van der Waals surface area contributed by atoms with Crippen molar-refractivity contribution in [3.05, 3.63) is 76.2 Å². The van der Waals surface area contributed by atoms with Gasteiger partial charge in [-0.25, -0.2) is 14.1 Å². The summed E-state index contributed by atoms with van der Waals surface area (Å²) in [6.45, 7) is 2.12. The van der Waals surface area contributed by atoms with Gasteiger partial charge in [0.25, 0.3) is 5.56 Å². The van der Waals surface area contributed by atoms with Crippen LogP contribution >= 0.6 is 0 Å². The van der Waals surface area contributed by atoms with Crippen LogP contribution in [0.2, 0.25) is 0 Å². The fraction of sp³-hybridized carbons (Fsp3) is 0.158. The van der Waals surface area contributed by atoms with Gasteiger partial charge in [-0.15, -0.1) is 0 Å². The monoisotopic (exact) mass is 349 g/mol. The summed E-state index contributed by atoms with van der Waals surface area (Å²) >= 11 is 0. The van der Waals surface area contributed by atoms with Crippen molar-refractivity contribution in [2.45, 2.75) is 19.9 Å². The molecule has 0 aliphatic carbocycles. The standard InChI is InChI=1S/C19H16FN5O/c1-2-15-19(26)23-16(10-22-15)17-13-7-5-9-21-18(13)25(24-17)11-12-6-3-4-8-14(12)20/h3-10H,2,11H2,1H3,(H,23,26). The second-order valence-corrected chi connectivity index (χ2v) is 5.90. The van der Waals surface area contributed by atoms with Crippen molar-refractivity contribution >= 4 is 11.0 Å². The fourth-order valence-corrected chi connectivity index (χ4v) is 2.91. The Morgan fingerprint density at radius 3 is 2.77 bits per heavy atom. The topological polar surface area (TPSA) is 76.5 Å². The SMILES string of the molecule is CCc1ncc(-c2nn(Cc3ccccc3F)c3ncccc23)[nH]c1=O. The third-order valence-corrected chi connectivity index (χ3v) is 4.23. The molecule has 0 bridgehead atoms. The van der Waals surface area contributed by atoms with Crippen LogP contribution < -0.4 is 5.56 Å². The van der Waals surface area contributed by atoms with Crippen molar-refractivity contribution in [1.82, 2.24) is 24.7 Å². The molecule has 3 heterocycles. The molecule has 130 valence electrons. The van der Waals surface area contributed by atoms with Crippen molar-refractivity contribution in [1.29, 1.82) is 0 Å². The summed E-state index contributed by atoms with van der Waals surface area (Å²) in [4.78, 5) is 23.5. The van der Waals surface area contributed by atoms with Gasteiger partial charge in [-0.2, -0.15) is 5.10 Å². The van der Waals surface area contributed by atoms with E-state index in [9.17, 15) is 9.18 Å². The van der Waals surface area contributed by atoms with Gasteiger partial charge in [-0.3, -0.25) is 9.78 Å². The molecule has 4 rings (SSSR count). The molecule has 3 aromatic heterocycles. The average molecular weight is 349 g/mol. The summed E-state index contributed by atoms with van der Waals surface area (Å²) in [5.74, 6) is -0.295. The smallest absolute Gasteiger partial charge is 0.270 e. The minimum atomic E-state index is -0.295. The molecule has 0 saturated heterocycles. The fourth-order valence-electron chi connectivity index (χ4n) is 2.91. The number of pyridine rings is 1. The zero-order chi connectivity index (χ0) is 18.1. The van der Waals surface area contributed by atoms with E-state index < -0.39 is 0 Å². The van der Waals surface area contributed by atoms with Crippen LogP contribution in [0.5, 0.6) is 0 Å². The van der Waals surface area contributed by atoms with E-state index in [0.29, 0.717) is 34.7 Å². The summed E-state index contributed by atoms with van der Waals surface area (Å²) < 4.78 is 15.7. The predicted octanol–water partition coefficient (Wildman–Crippen LogP) is 2.93. The van der Waals surface area contributed by atoms with E-state index in [-0.39, 0.29) is 17.9 Å². The highest BCUT2D eigenvalue weighted by Crippen LogP contribution is 2.25. The number of rotatable bonds is 4. The summed E-state index contributed by atoms with van der Waals surface area (Å²) in [5.41, 5.74) is 2.45. The number of fused-ring (bicyclic) bond motifs is 1. The number of nitrogens with zero attached hydrogens (tertiary/aromatic N) is 4. The number of H-pyrrole nitrogens is 1. The van der Waals surface area contributed by atoms with Crippen LogP contribution in [0.4, 0.5) is 4.39 Å². The Morgan fingerprint density at radius 2 is 2.00 bits per heavy atom. The van der Waals surface area contributed by atoms with Crippen LogP contribution in [0.25, 0.3) is 22.4 Å². The number of aromatic amines is 1. The number of halogens is 1. The van der Waals surface area contributed by atoms with Gasteiger partial charge in [0.05, 0.1) is 18.4 Å². The number of nitrogens with one attached hydrogen (secondary N) is 1. The summed E-state index contributed by atoms with van der Waals surface area (Å²) in [7, 11) is 0. The Bertz CT molecular complexity index is 1150. The third kappa shape index (κ3) is 2.77. The maximum Gasteiger partial charge on any atom is 0.270 e. The molecule has 0 spiro atoms. The van der Waals surface area contributed by atoms with Crippen molar-refractivity contribution in [2.24, 2.45) is 0 Å². The second kappa shape index (κ2) is 6.51. The zero-order valence-corrected chi connectivity index (χ0v) is 14.1. The zero-order valence-electron chi connectivity index (χ0n) is 14.1. The normalized spacial score (nSPS) is 11.2. The molecule has 6 nitrogen and oxygen atoms in total. The van der Waals surface area contributed by atoms with Crippen molar-refractivity contribution in [3.63, 3.8) is 0 Å².